The van der Waals surface area contributed by atoms with Gasteiger partial charge in [0.2, 0.25) is 0 Å². The van der Waals surface area contributed by atoms with E-state index < -0.39 is 0 Å². The highest BCUT2D eigenvalue weighted by atomic mass is 16.2. The Morgan fingerprint density at radius 3 is 2.76 bits per heavy atom. The zero-order chi connectivity index (χ0) is 20.2. The number of aromatic amines is 1. The number of carbonyl (C=O) groups is 1. The summed E-state index contributed by atoms with van der Waals surface area (Å²) in [7, 11) is 0. The smallest absolute Gasteiger partial charge is 0.319 e. The van der Waals surface area contributed by atoms with Crippen molar-refractivity contribution >= 4 is 17.5 Å². The van der Waals surface area contributed by atoms with Crippen molar-refractivity contribution in [1.82, 2.24) is 20.5 Å². The molecule has 4 rings (SSSR count). The highest BCUT2D eigenvalue weighted by Crippen LogP contribution is 2.24. The van der Waals surface area contributed by atoms with Crippen LogP contribution in [0.3, 0.4) is 0 Å². The molecule has 150 valence electrons. The van der Waals surface area contributed by atoms with Crippen LogP contribution in [0.25, 0.3) is 11.3 Å². The van der Waals surface area contributed by atoms with E-state index in [2.05, 4.69) is 37.6 Å². The van der Waals surface area contributed by atoms with Crippen LogP contribution < -0.4 is 15.5 Å². The summed E-state index contributed by atoms with van der Waals surface area (Å²) in [4.78, 5) is 18.7. The molecule has 0 aliphatic carbocycles. The summed E-state index contributed by atoms with van der Waals surface area (Å²) in [5.74, 6) is 0.901. The molecular formula is C22H26N6O. The van der Waals surface area contributed by atoms with Crippen molar-refractivity contribution in [3.8, 4) is 11.3 Å². The van der Waals surface area contributed by atoms with E-state index in [1.807, 2.05) is 43.3 Å². The molecule has 3 heterocycles. The Kier molecular flexibility index (Phi) is 5.46. The van der Waals surface area contributed by atoms with Crippen LogP contribution in [-0.4, -0.2) is 40.3 Å². The van der Waals surface area contributed by atoms with Gasteiger partial charge in [0.05, 0.1) is 5.69 Å². The molecule has 1 aliphatic rings. The summed E-state index contributed by atoms with van der Waals surface area (Å²) < 4.78 is 0. The lowest BCUT2D eigenvalue weighted by Crippen LogP contribution is -2.49. The maximum Gasteiger partial charge on any atom is 0.319 e. The minimum absolute atomic E-state index is 0.0800. The zero-order valence-electron chi connectivity index (χ0n) is 16.8. The number of H-pyrrole nitrogens is 1. The first-order chi connectivity index (χ1) is 14.1. The molecule has 1 unspecified atom stereocenters. The molecule has 0 radical (unpaired) electrons. The van der Waals surface area contributed by atoms with Gasteiger partial charge >= 0.3 is 6.03 Å². The Labute approximate surface area is 170 Å². The maximum absolute atomic E-state index is 12.4. The number of hydrogen-bond donors (Lipinski definition) is 3. The second kappa shape index (κ2) is 8.34. The van der Waals surface area contributed by atoms with Crippen LogP contribution >= 0.6 is 0 Å². The minimum Gasteiger partial charge on any atom is -0.353 e. The Balaban J connectivity index is 1.36. The number of aromatic nitrogens is 3. The molecule has 1 fully saturated rings. The molecule has 0 bridgehead atoms. The standard InChI is InChI=1S/C22H26N6O/c1-15-5-6-18(12-16(15)2)24-22(29)25-19-4-3-11-28(14-19)21-13-20(26-27-21)17-7-9-23-10-8-17/h5-10,12-13,19H,3-4,11,14H2,1-2H3,(H,26,27)(H2,24,25,29). The molecule has 29 heavy (non-hydrogen) atoms. The highest BCUT2D eigenvalue weighted by Gasteiger charge is 2.23. The quantitative estimate of drug-likeness (QED) is 0.631. The Morgan fingerprint density at radius 1 is 1.14 bits per heavy atom. The number of aryl methyl sites for hydroxylation is 2. The van der Waals surface area contributed by atoms with Crippen LogP contribution in [0, 0.1) is 13.8 Å². The number of benzene rings is 1. The molecule has 7 nitrogen and oxygen atoms in total. The van der Waals surface area contributed by atoms with Crippen molar-refractivity contribution in [1.29, 1.82) is 0 Å². The van der Waals surface area contributed by atoms with Crippen LogP contribution in [-0.2, 0) is 0 Å². The number of amides is 2. The molecule has 1 atom stereocenters. The average Bonchev–Trinajstić information content (AvgIpc) is 3.22. The molecular weight excluding hydrogens is 364 g/mol. The summed E-state index contributed by atoms with van der Waals surface area (Å²) in [6.45, 7) is 5.77. The summed E-state index contributed by atoms with van der Waals surface area (Å²) in [5, 5.41) is 13.6. The molecule has 2 aromatic heterocycles. The molecule has 0 spiro atoms. The van der Waals surface area contributed by atoms with Gasteiger partial charge in [-0.25, -0.2) is 4.79 Å². The van der Waals surface area contributed by atoms with Gasteiger partial charge in [-0.2, -0.15) is 5.10 Å². The third kappa shape index (κ3) is 4.56. The van der Waals surface area contributed by atoms with Crippen LogP contribution in [0.1, 0.15) is 24.0 Å². The first-order valence-corrected chi connectivity index (χ1v) is 9.94. The van der Waals surface area contributed by atoms with Crippen LogP contribution in [0.4, 0.5) is 16.3 Å². The fourth-order valence-corrected chi connectivity index (χ4v) is 3.63. The lowest BCUT2D eigenvalue weighted by Gasteiger charge is -2.33. The summed E-state index contributed by atoms with van der Waals surface area (Å²) in [6.07, 6.45) is 5.50. The van der Waals surface area contributed by atoms with Crippen molar-refractivity contribution in [3.05, 3.63) is 59.9 Å². The topological polar surface area (TPSA) is 85.9 Å². The van der Waals surface area contributed by atoms with Crippen molar-refractivity contribution in [3.63, 3.8) is 0 Å². The van der Waals surface area contributed by atoms with Gasteiger partial charge in [-0.15, -0.1) is 0 Å². The van der Waals surface area contributed by atoms with Crippen LogP contribution in [0.2, 0.25) is 0 Å². The molecule has 1 saturated heterocycles. The van der Waals surface area contributed by atoms with E-state index in [1.165, 1.54) is 5.56 Å². The lowest BCUT2D eigenvalue weighted by molar-refractivity contribution is 0.246. The second-order valence-corrected chi connectivity index (χ2v) is 7.56. The number of carbonyl (C=O) groups excluding carboxylic acids is 1. The Bertz CT molecular complexity index is 984. The number of piperidine rings is 1. The van der Waals surface area contributed by atoms with Gasteiger partial charge in [0, 0.05) is 48.8 Å². The highest BCUT2D eigenvalue weighted by molar-refractivity contribution is 5.89. The molecule has 3 N–H and O–H groups in total. The van der Waals surface area contributed by atoms with E-state index >= 15 is 0 Å². The molecule has 0 saturated carbocycles. The number of urea groups is 1. The summed E-state index contributed by atoms with van der Waals surface area (Å²) >= 11 is 0. The van der Waals surface area contributed by atoms with Gasteiger partial charge < -0.3 is 15.5 Å². The zero-order valence-corrected chi connectivity index (χ0v) is 16.8. The number of nitrogens with zero attached hydrogens (tertiary/aromatic N) is 3. The van der Waals surface area contributed by atoms with E-state index in [1.54, 1.807) is 12.4 Å². The minimum atomic E-state index is -0.167. The van der Waals surface area contributed by atoms with Gasteiger partial charge in [0.1, 0.15) is 0 Å². The fourth-order valence-electron chi connectivity index (χ4n) is 3.63. The largest absolute Gasteiger partial charge is 0.353 e. The van der Waals surface area contributed by atoms with E-state index in [0.717, 1.165) is 54.3 Å². The number of pyridine rings is 1. The average molecular weight is 390 g/mol. The lowest BCUT2D eigenvalue weighted by atomic mass is 10.1. The van der Waals surface area contributed by atoms with E-state index in [4.69, 9.17) is 0 Å². The predicted molar refractivity (Wildman–Crippen MR) is 115 cm³/mol. The second-order valence-electron chi connectivity index (χ2n) is 7.56. The third-order valence-electron chi connectivity index (χ3n) is 5.40. The van der Waals surface area contributed by atoms with Crippen LogP contribution in [0.15, 0.2) is 48.8 Å². The monoisotopic (exact) mass is 390 g/mol. The summed E-state index contributed by atoms with van der Waals surface area (Å²) in [6, 6.07) is 11.8. The molecule has 1 aliphatic heterocycles. The van der Waals surface area contributed by atoms with Gasteiger partial charge in [-0.1, -0.05) is 6.07 Å². The van der Waals surface area contributed by atoms with Gasteiger partial charge in [0.15, 0.2) is 5.82 Å². The fraction of sp³-hybridized carbons (Fsp3) is 0.318. The number of hydrogen-bond acceptors (Lipinski definition) is 4. The van der Waals surface area contributed by atoms with Gasteiger partial charge in [0.25, 0.3) is 0 Å². The van der Waals surface area contributed by atoms with Crippen molar-refractivity contribution in [2.45, 2.75) is 32.7 Å². The van der Waals surface area contributed by atoms with Gasteiger partial charge in [-0.3, -0.25) is 10.1 Å². The van der Waals surface area contributed by atoms with E-state index in [-0.39, 0.29) is 12.1 Å². The molecule has 3 aromatic rings. The normalized spacial score (nSPS) is 16.5. The van der Waals surface area contributed by atoms with Crippen LogP contribution in [0.5, 0.6) is 0 Å². The number of nitrogens with one attached hydrogen (secondary N) is 3. The first-order valence-electron chi connectivity index (χ1n) is 9.94. The van der Waals surface area contributed by atoms with Gasteiger partial charge in [-0.05, 0) is 62.1 Å². The van der Waals surface area contributed by atoms with E-state index in [0.29, 0.717) is 0 Å². The SMILES string of the molecule is Cc1ccc(NC(=O)NC2CCCN(c3cc(-c4ccncc4)[nH]n3)C2)cc1C. The van der Waals surface area contributed by atoms with Crippen molar-refractivity contribution in [2.75, 3.05) is 23.3 Å². The van der Waals surface area contributed by atoms with E-state index in [9.17, 15) is 4.79 Å². The first kappa shape index (κ1) is 19.0. The number of rotatable bonds is 4. The Morgan fingerprint density at radius 2 is 1.97 bits per heavy atom. The number of anilines is 2. The molecule has 7 heteroatoms. The predicted octanol–water partition coefficient (Wildman–Crippen LogP) is 3.88. The third-order valence-corrected chi connectivity index (χ3v) is 5.40. The summed E-state index contributed by atoms with van der Waals surface area (Å²) in [5.41, 5.74) is 5.20. The Hall–Kier alpha value is -3.35. The molecule has 1 aromatic carbocycles. The van der Waals surface area contributed by atoms with Crippen molar-refractivity contribution < 1.29 is 4.79 Å². The van der Waals surface area contributed by atoms with Crippen molar-refractivity contribution in [2.24, 2.45) is 0 Å². The molecule has 2 amide bonds. The maximum atomic E-state index is 12.4.